The van der Waals surface area contributed by atoms with Crippen molar-refractivity contribution in [3.8, 4) is 0 Å². The summed E-state index contributed by atoms with van der Waals surface area (Å²) in [5.74, 6) is 0.227. The second kappa shape index (κ2) is 6.54. The summed E-state index contributed by atoms with van der Waals surface area (Å²) < 4.78 is 32.9. The van der Waals surface area contributed by atoms with E-state index in [-0.39, 0.29) is 15.8 Å². The number of benzene rings is 1. The van der Waals surface area contributed by atoms with Crippen LogP contribution in [0, 0.1) is 5.92 Å². The lowest BCUT2D eigenvalue weighted by atomic mass is 10.0. The van der Waals surface area contributed by atoms with Gasteiger partial charge in [-0.25, -0.2) is 13.1 Å². The van der Waals surface area contributed by atoms with E-state index in [0.717, 1.165) is 19.4 Å². The molecular weight excluding hydrogens is 354 g/mol. The Hall–Kier alpha value is -0.140. The second-order valence-electron chi connectivity index (χ2n) is 4.49. The van der Waals surface area contributed by atoms with Gasteiger partial charge >= 0.3 is 0 Å². The van der Waals surface area contributed by atoms with Crippen LogP contribution in [0.3, 0.4) is 0 Å². The molecular formula is C12H15BrClNO3S. The Kier molecular flexibility index (Phi) is 5.25. The van der Waals surface area contributed by atoms with Crippen LogP contribution in [0.4, 0.5) is 0 Å². The molecule has 0 saturated carbocycles. The zero-order valence-corrected chi connectivity index (χ0v) is 13.4. The monoisotopic (exact) mass is 367 g/mol. The van der Waals surface area contributed by atoms with Crippen LogP contribution in [0.5, 0.6) is 0 Å². The standard InChI is InChI=1S/C12H15BrClNO3S/c13-10-4-1-5-11(14)12(10)19(16,17)15-7-9-3-2-6-18-8-9/h1,4-5,9,15H,2-3,6-8H2. The molecule has 0 radical (unpaired) electrons. The predicted molar refractivity (Wildman–Crippen MR) is 77.9 cm³/mol. The van der Waals surface area contributed by atoms with Crippen LogP contribution in [0.15, 0.2) is 27.6 Å². The summed E-state index contributed by atoms with van der Waals surface area (Å²) >= 11 is 9.18. The zero-order chi connectivity index (χ0) is 13.9. The van der Waals surface area contributed by atoms with Gasteiger partial charge in [0.2, 0.25) is 10.0 Å². The molecule has 1 heterocycles. The van der Waals surface area contributed by atoms with Crippen LogP contribution in [-0.2, 0) is 14.8 Å². The maximum atomic E-state index is 12.3. The molecule has 1 aromatic rings. The van der Waals surface area contributed by atoms with Crippen LogP contribution in [-0.4, -0.2) is 28.2 Å². The first-order valence-electron chi connectivity index (χ1n) is 6.02. The van der Waals surface area contributed by atoms with Gasteiger partial charge in [-0.2, -0.15) is 0 Å². The van der Waals surface area contributed by atoms with E-state index in [2.05, 4.69) is 20.7 Å². The second-order valence-corrected chi connectivity index (χ2v) is 7.45. The van der Waals surface area contributed by atoms with E-state index < -0.39 is 10.0 Å². The molecule has 0 aliphatic carbocycles. The fraction of sp³-hybridized carbons (Fsp3) is 0.500. The van der Waals surface area contributed by atoms with Crippen LogP contribution in [0.2, 0.25) is 5.02 Å². The number of ether oxygens (including phenoxy) is 1. The van der Waals surface area contributed by atoms with Gasteiger partial charge in [0.05, 0.1) is 11.6 Å². The fourth-order valence-electron chi connectivity index (χ4n) is 2.01. The van der Waals surface area contributed by atoms with E-state index in [4.69, 9.17) is 16.3 Å². The maximum Gasteiger partial charge on any atom is 0.243 e. The van der Waals surface area contributed by atoms with E-state index in [1.165, 1.54) is 0 Å². The van der Waals surface area contributed by atoms with Crippen molar-refractivity contribution in [2.45, 2.75) is 17.7 Å². The molecule has 1 aliphatic rings. The molecule has 1 aliphatic heterocycles. The van der Waals surface area contributed by atoms with Gasteiger partial charge < -0.3 is 4.74 Å². The van der Waals surface area contributed by atoms with Crippen molar-refractivity contribution in [2.24, 2.45) is 5.92 Å². The average molecular weight is 369 g/mol. The minimum Gasteiger partial charge on any atom is -0.381 e. The number of sulfonamides is 1. The Morgan fingerprint density at radius 2 is 2.26 bits per heavy atom. The van der Waals surface area contributed by atoms with Gasteiger partial charge in [-0.15, -0.1) is 0 Å². The Labute approximate surface area is 126 Å². The highest BCUT2D eigenvalue weighted by molar-refractivity contribution is 9.10. The molecule has 1 atom stereocenters. The summed E-state index contributed by atoms with van der Waals surface area (Å²) in [6.45, 7) is 1.74. The molecule has 0 bridgehead atoms. The Morgan fingerprint density at radius 3 is 2.89 bits per heavy atom. The largest absolute Gasteiger partial charge is 0.381 e. The molecule has 4 nitrogen and oxygen atoms in total. The number of rotatable bonds is 4. The van der Waals surface area contributed by atoms with Crippen LogP contribution >= 0.6 is 27.5 Å². The van der Waals surface area contributed by atoms with Gasteiger partial charge in [-0.1, -0.05) is 17.7 Å². The first-order chi connectivity index (χ1) is 9.00. The Balaban J connectivity index is 2.09. The third kappa shape index (κ3) is 3.92. The molecule has 0 amide bonds. The molecule has 0 spiro atoms. The van der Waals surface area contributed by atoms with Crippen molar-refractivity contribution in [1.82, 2.24) is 4.72 Å². The van der Waals surface area contributed by atoms with Gasteiger partial charge in [-0.05, 0) is 46.8 Å². The van der Waals surface area contributed by atoms with Crippen molar-refractivity contribution in [3.63, 3.8) is 0 Å². The predicted octanol–water partition coefficient (Wildman–Crippen LogP) is 2.81. The molecule has 7 heteroatoms. The topological polar surface area (TPSA) is 55.4 Å². The molecule has 1 saturated heterocycles. The first kappa shape index (κ1) is 15.3. The molecule has 1 unspecified atom stereocenters. The first-order valence-corrected chi connectivity index (χ1v) is 8.67. The van der Waals surface area contributed by atoms with E-state index in [1.54, 1.807) is 18.2 Å². The summed E-state index contributed by atoms with van der Waals surface area (Å²) in [6.07, 6.45) is 1.95. The lowest BCUT2D eigenvalue weighted by Gasteiger charge is -2.22. The van der Waals surface area contributed by atoms with Crippen molar-refractivity contribution in [1.29, 1.82) is 0 Å². The van der Waals surface area contributed by atoms with Gasteiger partial charge in [0.1, 0.15) is 4.90 Å². The summed E-state index contributed by atoms with van der Waals surface area (Å²) in [4.78, 5) is 0.0911. The number of halogens is 2. The quantitative estimate of drug-likeness (QED) is 0.889. The fourth-order valence-corrected chi connectivity index (χ4v) is 4.86. The number of hydrogen-bond acceptors (Lipinski definition) is 3. The van der Waals surface area contributed by atoms with Gasteiger partial charge in [0.25, 0.3) is 0 Å². The third-order valence-corrected chi connectivity index (χ3v) is 5.88. The summed E-state index contributed by atoms with van der Waals surface area (Å²) in [7, 11) is -3.61. The third-order valence-electron chi connectivity index (χ3n) is 3.00. The molecule has 1 N–H and O–H groups in total. The Bertz CT molecular complexity index is 524. The lowest BCUT2D eigenvalue weighted by molar-refractivity contribution is 0.0568. The molecule has 1 aromatic carbocycles. The highest BCUT2D eigenvalue weighted by Gasteiger charge is 2.23. The average Bonchev–Trinajstić information content (AvgIpc) is 2.37. The van der Waals surface area contributed by atoms with Crippen LogP contribution < -0.4 is 4.72 Å². The van der Waals surface area contributed by atoms with Crippen LogP contribution in [0.1, 0.15) is 12.8 Å². The van der Waals surface area contributed by atoms with Gasteiger partial charge in [0, 0.05) is 17.6 Å². The highest BCUT2D eigenvalue weighted by atomic mass is 79.9. The van der Waals surface area contributed by atoms with Crippen LogP contribution in [0.25, 0.3) is 0 Å². The van der Waals surface area contributed by atoms with E-state index in [9.17, 15) is 8.42 Å². The normalized spacial score (nSPS) is 20.4. The minimum atomic E-state index is -3.61. The molecule has 0 aromatic heterocycles. The maximum absolute atomic E-state index is 12.3. The molecule has 106 valence electrons. The zero-order valence-electron chi connectivity index (χ0n) is 10.2. The van der Waals surface area contributed by atoms with Gasteiger partial charge in [-0.3, -0.25) is 0 Å². The smallest absolute Gasteiger partial charge is 0.243 e. The minimum absolute atomic E-state index is 0.0911. The Morgan fingerprint density at radius 1 is 1.47 bits per heavy atom. The highest BCUT2D eigenvalue weighted by Crippen LogP contribution is 2.29. The van der Waals surface area contributed by atoms with Crippen molar-refractivity contribution >= 4 is 37.6 Å². The van der Waals surface area contributed by atoms with Crippen molar-refractivity contribution in [2.75, 3.05) is 19.8 Å². The summed E-state index contributed by atoms with van der Waals surface area (Å²) in [5.41, 5.74) is 0. The SMILES string of the molecule is O=S(=O)(NCC1CCCOC1)c1c(Cl)cccc1Br. The molecule has 2 rings (SSSR count). The van der Waals surface area contributed by atoms with E-state index >= 15 is 0 Å². The van der Waals surface area contributed by atoms with E-state index in [0.29, 0.717) is 17.6 Å². The summed E-state index contributed by atoms with van der Waals surface area (Å²) in [6, 6.07) is 4.91. The number of hydrogen-bond donors (Lipinski definition) is 1. The number of nitrogens with one attached hydrogen (secondary N) is 1. The lowest BCUT2D eigenvalue weighted by Crippen LogP contribution is -2.33. The van der Waals surface area contributed by atoms with Gasteiger partial charge in [0.15, 0.2) is 0 Å². The van der Waals surface area contributed by atoms with E-state index in [1.807, 2.05) is 0 Å². The van der Waals surface area contributed by atoms with Crippen molar-refractivity contribution in [3.05, 3.63) is 27.7 Å². The molecule has 1 fully saturated rings. The van der Waals surface area contributed by atoms with Crippen molar-refractivity contribution < 1.29 is 13.2 Å². The summed E-state index contributed by atoms with van der Waals surface area (Å²) in [5, 5.41) is 0.210. The molecule has 19 heavy (non-hydrogen) atoms.